The van der Waals surface area contributed by atoms with E-state index >= 15 is 0 Å². The molecular formula is C27H26N2O5. The molecule has 1 aliphatic heterocycles. The van der Waals surface area contributed by atoms with E-state index in [0.717, 1.165) is 6.42 Å². The quantitative estimate of drug-likeness (QED) is 0.460. The standard InChI is InChI=1S/C27H26N2O5/c1-4-15-34-21-12-8-11-19(16-21)29-26(30)24(18-9-6-5-7-10-18)25(27(29)31)28-22-14-13-20(32-2)17-23(22)33-3/h5-14,16-17,28H,4,15H2,1-3H3. The Morgan fingerprint density at radius 1 is 0.824 bits per heavy atom. The fraction of sp³-hybridized carbons (Fsp3) is 0.185. The van der Waals surface area contributed by atoms with E-state index in [-0.39, 0.29) is 11.3 Å². The van der Waals surface area contributed by atoms with Crippen LogP contribution in [0.25, 0.3) is 5.57 Å². The summed E-state index contributed by atoms with van der Waals surface area (Å²) in [6, 6.07) is 21.3. The second-order valence-electron chi connectivity index (χ2n) is 7.60. The number of carbonyl (C=O) groups is 2. The van der Waals surface area contributed by atoms with Crippen molar-refractivity contribution in [1.29, 1.82) is 0 Å². The van der Waals surface area contributed by atoms with Gasteiger partial charge in [0, 0.05) is 12.1 Å². The van der Waals surface area contributed by atoms with E-state index in [1.807, 2.05) is 25.1 Å². The monoisotopic (exact) mass is 458 g/mol. The first-order valence-electron chi connectivity index (χ1n) is 11.0. The van der Waals surface area contributed by atoms with E-state index in [2.05, 4.69) is 5.32 Å². The molecule has 0 aromatic heterocycles. The lowest BCUT2D eigenvalue weighted by Crippen LogP contribution is -2.32. The number of anilines is 2. The SMILES string of the molecule is CCCOc1cccc(N2C(=O)C(Nc3ccc(OC)cc3OC)=C(c3ccccc3)C2=O)c1. The van der Waals surface area contributed by atoms with Crippen LogP contribution in [0.5, 0.6) is 17.2 Å². The van der Waals surface area contributed by atoms with Crippen LogP contribution >= 0.6 is 0 Å². The van der Waals surface area contributed by atoms with Gasteiger partial charge in [-0.1, -0.05) is 43.3 Å². The zero-order valence-corrected chi connectivity index (χ0v) is 19.3. The number of benzene rings is 3. The molecule has 7 nitrogen and oxygen atoms in total. The number of ether oxygens (including phenoxy) is 3. The van der Waals surface area contributed by atoms with Crippen molar-refractivity contribution in [2.45, 2.75) is 13.3 Å². The van der Waals surface area contributed by atoms with Crippen LogP contribution in [0.15, 0.2) is 78.5 Å². The van der Waals surface area contributed by atoms with Crippen LogP contribution in [-0.2, 0) is 9.59 Å². The van der Waals surface area contributed by atoms with Crippen molar-refractivity contribution in [3.63, 3.8) is 0 Å². The van der Waals surface area contributed by atoms with Crippen LogP contribution in [0.4, 0.5) is 11.4 Å². The third-order valence-electron chi connectivity index (χ3n) is 5.36. The van der Waals surface area contributed by atoms with Crippen LogP contribution in [0, 0.1) is 0 Å². The van der Waals surface area contributed by atoms with Gasteiger partial charge in [0.05, 0.1) is 37.8 Å². The van der Waals surface area contributed by atoms with Crippen molar-refractivity contribution in [3.8, 4) is 17.2 Å². The molecule has 1 aliphatic rings. The molecule has 174 valence electrons. The Labute approximate surface area is 198 Å². The molecule has 0 unspecified atom stereocenters. The number of amides is 2. The molecule has 0 bridgehead atoms. The Morgan fingerprint density at radius 2 is 1.62 bits per heavy atom. The second kappa shape index (κ2) is 10.1. The molecule has 0 saturated heterocycles. The maximum atomic E-state index is 13.6. The van der Waals surface area contributed by atoms with Crippen molar-refractivity contribution in [1.82, 2.24) is 0 Å². The highest BCUT2D eigenvalue weighted by molar-refractivity contribution is 6.46. The van der Waals surface area contributed by atoms with Crippen molar-refractivity contribution in [2.75, 3.05) is 31.0 Å². The summed E-state index contributed by atoms with van der Waals surface area (Å²) in [4.78, 5) is 28.4. The molecule has 4 rings (SSSR count). The topological polar surface area (TPSA) is 77.1 Å². The molecule has 2 amide bonds. The minimum absolute atomic E-state index is 0.166. The summed E-state index contributed by atoms with van der Waals surface area (Å²) in [5, 5.41) is 3.14. The maximum Gasteiger partial charge on any atom is 0.282 e. The normalized spacial score (nSPS) is 13.3. The van der Waals surface area contributed by atoms with E-state index < -0.39 is 11.8 Å². The molecule has 0 saturated carbocycles. The summed E-state index contributed by atoms with van der Waals surface area (Å²) in [5.74, 6) is 0.805. The van der Waals surface area contributed by atoms with Gasteiger partial charge >= 0.3 is 0 Å². The van der Waals surface area contributed by atoms with E-state index in [1.54, 1.807) is 61.7 Å². The summed E-state index contributed by atoms with van der Waals surface area (Å²) >= 11 is 0. The Morgan fingerprint density at radius 3 is 2.32 bits per heavy atom. The van der Waals surface area contributed by atoms with Crippen LogP contribution in [0.3, 0.4) is 0 Å². The Hall–Kier alpha value is -4.26. The molecular weight excluding hydrogens is 432 g/mol. The number of hydrogen-bond donors (Lipinski definition) is 1. The molecule has 34 heavy (non-hydrogen) atoms. The highest BCUT2D eigenvalue weighted by atomic mass is 16.5. The van der Waals surface area contributed by atoms with Gasteiger partial charge in [-0.15, -0.1) is 0 Å². The summed E-state index contributed by atoms with van der Waals surface area (Å²) < 4.78 is 16.4. The van der Waals surface area contributed by atoms with Gasteiger partial charge < -0.3 is 19.5 Å². The molecule has 3 aromatic carbocycles. The number of nitrogens with zero attached hydrogens (tertiary/aromatic N) is 1. The minimum atomic E-state index is -0.464. The first-order chi connectivity index (χ1) is 16.6. The highest BCUT2D eigenvalue weighted by Gasteiger charge is 2.40. The van der Waals surface area contributed by atoms with E-state index in [9.17, 15) is 9.59 Å². The number of imide groups is 1. The number of carbonyl (C=O) groups excluding carboxylic acids is 2. The van der Waals surface area contributed by atoms with Gasteiger partial charge in [0.2, 0.25) is 0 Å². The lowest BCUT2D eigenvalue weighted by Gasteiger charge is -2.17. The second-order valence-corrected chi connectivity index (χ2v) is 7.60. The third-order valence-corrected chi connectivity index (χ3v) is 5.36. The van der Waals surface area contributed by atoms with Crippen molar-refractivity contribution in [2.24, 2.45) is 0 Å². The van der Waals surface area contributed by atoms with Crippen LogP contribution in [-0.4, -0.2) is 32.6 Å². The van der Waals surface area contributed by atoms with E-state index in [0.29, 0.717) is 40.8 Å². The van der Waals surface area contributed by atoms with E-state index in [4.69, 9.17) is 14.2 Å². The molecule has 0 aliphatic carbocycles. The van der Waals surface area contributed by atoms with Crippen molar-refractivity contribution >= 4 is 28.8 Å². The van der Waals surface area contributed by atoms with Gasteiger partial charge in [-0.25, -0.2) is 4.90 Å². The smallest absolute Gasteiger partial charge is 0.282 e. The van der Waals surface area contributed by atoms with Gasteiger partial charge in [-0.2, -0.15) is 0 Å². The molecule has 7 heteroatoms. The first-order valence-corrected chi connectivity index (χ1v) is 11.0. The lowest BCUT2D eigenvalue weighted by molar-refractivity contribution is -0.120. The summed E-state index contributed by atoms with van der Waals surface area (Å²) in [5.41, 5.74) is 2.06. The maximum absolute atomic E-state index is 13.6. The summed E-state index contributed by atoms with van der Waals surface area (Å²) in [6.07, 6.45) is 0.850. The molecule has 3 aromatic rings. The average Bonchev–Trinajstić information content (AvgIpc) is 3.12. The van der Waals surface area contributed by atoms with Crippen molar-refractivity contribution in [3.05, 3.63) is 84.1 Å². The van der Waals surface area contributed by atoms with Crippen LogP contribution in [0.1, 0.15) is 18.9 Å². The van der Waals surface area contributed by atoms with Gasteiger partial charge in [-0.3, -0.25) is 9.59 Å². The fourth-order valence-electron chi connectivity index (χ4n) is 3.72. The van der Waals surface area contributed by atoms with Gasteiger partial charge in [0.15, 0.2) is 0 Å². The predicted octanol–water partition coefficient (Wildman–Crippen LogP) is 4.89. The first kappa shape index (κ1) is 22.9. The number of hydrogen-bond acceptors (Lipinski definition) is 6. The minimum Gasteiger partial charge on any atom is -0.497 e. The Balaban J connectivity index is 1.77. The lowest BCUT2D eigenvalue weighted by atomic mass is 10.0. The predicted molar refractivity (Wildman–Crippen MR) is 131 cm³/mol. The molecule has 1 N–H and O–H groups in total. The molecule has 0 atom stereocenters. The molecule has 1 heterocycles. The summed E-state index contributed by atoms with van der Waals surface area (Å²) in [7, 11) is 3.09. The Kier molecular flexibility index (Phi) is 6.82. The van der Waals surface area contributed by atoms with E-state index in [1.165, 1.54) is 12.0 Å². The average molecular weight is 459 g/mol. The van der Waals surface area contributed by atoms with Gasteiger partial charge in [0.1, 0.15) is 22.9 Å². The molecule has 0 spiro atoms. The number of rotatable bonds is 9. The zero-order chi connectivity index (χ0) is 24.1. The van der Waals surface area contributed by atoms with Crippen LogP contribution in [0.2, 0.25) is 0 Å². The Bertz CT molecular complexity index is 1240. The van der Waals surface area contributed by atoms with Gasteiger partial charge in [-0.05, 0) is 36.2 Å². The van der Waals surface area contributed by atoms with Gasteiger partial charge in [0.25, 0.3) is 11.8 Å². The molecule has 0 radical (unpaired) electrons. The number of methoxy groups -OCH3 is 2. The third kappa shape index (κ3) is 4.45. The summed E-state index contributed by atoms with van der Waals surface area (Å²) in [6.45, 7) is 2.56. The fourth-order valence-corrected chi connectivity index (χ4v) is 3.72. The number of nitrogens with one attached hydrogen (secondary N) is 1. The highest BCUT2D eigenvalue weighted by Crippen LogP contribution is 2.37. The zero-order valence-electron chi connectivity index (χ0n) is 19.3. The molecule has 0 fully saturated rings. The van der Waals surface area contributed by atoms with Crippen LogP contribution < -0.4 is 24.4 Å². The largest absolute Gasteiger partial charge is 0.497 e. The van der Waals surface area contributed by atoms with Crippen molar-refractivity contribution < 1.29 is 23.8 Å².